The Morgan fingerprint density at radius 3 is 2.77 bits per heavy atom. The van der Waals surface area contributed by atoms with E-state index in [0.29, 0.717) is 18.8 Å². The highest BCUT2D eigenvalue weighted by Crippen LogP contribution is 2.29. The topological polar surface area (TPSA) is 63.5 Å². The first kappa shape index (κ1) is 20.4. The Balaban J connectivity index is 1.71. The summed E-state index contributed by atoms with van der Waals surface area (Å²) in [5.74, 6) is -0.902. The van der Waals surface area contributed by atoms with E-state index in [2.05, 4.69) is 18.0 Å². The number of hydrogen-bond acceptors (Lipinski definition) is 3. The average Bonchev–Trinajstić information content (AvgIpc) is 3.35. The number of aromatic nitrogens is 1. The van der Waals surface area contributed by atoms with Crippen molar-refractivity contribution < 1.29 is 14.6 Å². The van der Waals surface area contributed by atoms with Crippen molar-refractivity contribution in [1.82, 2.24) is 9.88 Å². The molecule has 2 N–H and O–H groups in total. The number of hydrogen-bond donors (Lipinski definition) is 2. The Morgan fingerprint density at radius 2 is 2.10 bits per heavy atom. The Morgan fingerprint density at radius 1 is 1.30 bits per heavy atom. The van der Waals surface area contributed by atoms with Crippen LogP contribution < -0.4 is 5.32 Å². The number of aryl methyl sites for hydroxylation is 1. The van der Waals surface area contributed by atoms with E-state index in [1.54, 1.807) is 6.08 Å². The zero-order chi connectivity index (χ0) is 21.1. The number of benzene rings is 2. The van der Waals surface area contributed by atoms with E-state index in [0.717, 1.165) is 59.2 Å². The van der Waals surface area contributed by atoms with E-state index >= 15 is 0 Å². The molecular formula is C25H28N2O3. The Hall–Kier alpha value is -2.89. The van der Waals surface area contributed by atoms with Crippen molar-refractivity contribution in [3.05, 3.63) is 77.0 Å². The van der Waals surface area contributed by atoms with Gasteiger partial charge in [0.25, 0.3) is 0 Å². The molecule has 2 aromatic carbocycles. The second kappa shape index (κ2) is 8.86. The molecular weight excluding hydrogens is 376 g/mol. The molecule has 5 nitrogen and oxygen atoms in total. The van der Waals surface area contributed by atoms with E-state index in [4.69, 9.17) is 4.74 Å². The summed E-state index contributed by atoms with van der Waals surface area (Å²) in [6.07, 6.45) is 4.17. The van der Waals surface area contributed by atoms with Crippen LogP contribution in [0, 0.1) is 6.92 Å². The van der Waals surface area contributed by atoms with Crippen molar-refractivity contribution in [2.75, 3.05) is 13.2 Å². The molecule has 0 amide bonds. The fourth-order valence-corrected chi connectivity index (χ4v) is 4.22. The summed E-state index contributed by atoms with van der Waals surface area (Å²) in [6.45, 7) is 8.39. The molecule has 1 fully saturated rings. The molecule has 4 rings (SSSR count). The standard InChI is InChI=1S/C25H28N2O3/c1-3-18-7-9-19(10-8-18)16-27-23-13-17(2)6-11-21(23)22(24(27)25(28)29)15-26-14-20-5-4-12-30-20/h3,6-11,13,20,26H,1,4-5,12,14-16H2,2H3,(H,28,29)/t20-/m1/s1. The molecule has 5 heteroatoms. The molecule has 1 aliphatic heterocycles. The maximum Gasteiger partial charge on any atom is 0.352 e. The van der Waals surface area contributed by atoms with Gasteiger partial charge < -0.3 is 19.7 Å². The van der Waals surface area contributed by atoms with Gasteiger partial charge in [0.1, 0.15) is 5.69 Å². The minimum Gasteiger partial charge on any atom is -0.477 e. The number of aromatic carboxylic acids is 1. The Kier molecular flexibility index (Phi) is 6.02. The van der Waals surface area contributed by atoms with Crippen molar-refractivity contribution in [2.45, 2.75) is 39.0 Å². The molecule has 2 heterocycles. The molecule has 0 spiro atoms. The van der Waals surface area contributed by atoms with Gasteiger partial charge in [-0.25, -0.2) is 4.79 Å². The first-order valence-electron chi connectivity index (χ1n) is 10.5. The van der Waals surface area contributed by atoms with Crippen LogP contribution in [-0.2, 0) is 17.8 Å². The molecule has 156 valence electrons. The molecule has 1 atom stereocenters. The van der Waals surface area contributed by atoms with Gasteiger partial charge in [-0.3, -0.25) is 0 Å². The SMILES string of the molecule is C=Cc1ccc(Cn2c(C(=O)O)c(CNC[C@H]3CCCO3)c3ccc(C)cc32)cc1. The van der Waals surface area contributed by atoms with Gasteiger partial charge in [0.15, 0.2) is 0 Å². The molecule has 1 aliphatic rings. The molecule has 1 saturated heterocycles. The molecule has 0 radical (unpaired) electrons. The molecule has 1 aromatic heterocycles. The summed E-state index contributed by atoms with van der Waals surface area (Å²) >= 11 is 0. The van der Waals surface area contributed by atoms with Gasteiger partial charge in [0, 0.05) is 42.7 Å². The minimum atomic E-state index is -0.902. The largest absolute Gasteiger partial charge is 0.477 e. The van der Waals surface area contributed by atoms with E-state index in [-0.39, 0.29) is 6.10 Å². The minimum absolute atomic E-state index is 0.220. The quantitative estimate of drug-likeness (QED) is 0.576. The summed E-state index contributed by atoms with van der Waals surface area (Å²) in [5, 5.41) is 14.5. The fraction of sp³-hybridized carbons (Fsp3) is 0.320. The third-order valence-corrected chi connectivity index (χ3v) is 5.78. The summed E-state index contributed by atoms with van der Waals surface area (Å²) < 4.78 is 7.61. The third-order valence-electron chi connectivity index (χ3n) is 5.78. The fourth-order valence-electron chi connectivity index (χ4n) is 4.22. The zero-order valence-electron chi connectivity index (χ0n) is 17.4. The lowest BCUT2D eigenvalue weighted by Crippen LogP contribution is -2.26. The van der Waals surface area contributed by atoms with Crippen LogP contribution in [0.15, 0.2) is 49.0 Å². The lowest BCUT2D eigenvalue weighted by atomic mass is 10.1. The maximum atomic E-state index is 12.3. The number of carboxylic acids is 1. The lowest BCUT2D eigenvalue weighted by molar-refractivity contribution is 0.0684. The highest BCUT2D eigenvalue weighted by molar-refractivity contribution is 5.98. The Bertz CT molecular complexity index is 1060. The van der Waals surface area contributed by atoms with Gasteiger partial charge >= 0.3 is 5.97 Å². The van der Waals surface area contributed by atoms with Gasteiger partial charge in [-0.05, 0) is 42.5 Å². The van der Waals surface area contributed by atoms with Crippen LogP contribution in [-0.4, -0.2) is 34.9 Å². The predicted octanol–water partition coefficient (Wildman–Crippen LogP) is 4.61. The second-order valence-corrected chi connectivity index (χ2v) is 7.95. The molecule has 0 saturated carbocycles. The van der Waals surface area contributed by atoms with Crippen molar-refractivity contribution in [3.63, 3.8) is 0 Å². The van der Waals surface area contributed by atoms with Gasteiger partial charge in [0.2, 0.25) is 0 Å². The number of nitrogens with zero attached hydrogens (tertiary/aromatic N) is 1. The maximum absolute atomic E-state index is 12.3. The predicted molar refractivity (Wildman–Crippen MR) is 120 cm³/mol. The smallest absolute Gasteiger partial charge is 0.352 e. The normalized spacial score (nSPS) is 16.2. The van der Waals surface area contributed by atoms with Crippen molar-refractivity contribution in [2.24, 2.45) is 0 Å². The Labute approximate surface area is 177 Å². The van der Waals surface area contributed by atoms with E-state index in [9.17, 15) is 9.90 Å². The number of nitrogens with one attached hydrogen (secondary N) is 1. The number of carbonyl (C=O) groups is 1. The second-order valence-electron chi connectivity index (χ2n) is 7.95. The van der Waals surface area contributed by atoms with Crippen LogP contribution in [0.2, 0.25) is 0 Å². The van der Waals surface area contributed by atoms with Crippen molar-refractivity contribution >= 4 is 22.9 Å². The van der Waals surface area contributed by atoms with Gasteiger partial charge in [0.05, 0.1) is 6.10 Å². The van der Waals surface area contributed by atoms with Crippen molar-refractivity contribution in [1.29, 1.82) is 0 Å². The van der Waals surface area contributed by atoms with Crippen LogP contribution in [0.4, 0.5) is 0 Å². The first-order chi connectivity index (χ1) is 14.6. The van der Waals surface area contributed by atoms with Crippen LogP contribution in [0.3, 0.4) is 0 Å². The summed E-state index contributed by atoms with van der Waals surface area (Å²) in [4.78, 5) is 12.3. The van der Waals surface area contributed by atoms with Crippen LogP contribution >= 0.6 is 0 Å². The van der Waals surface area contributed by atoms with Gasteiger partial charge in [-0.1, -0.05) is 49.1 Å². The van der Waals surface area contributed by atoms with Crippen LogP contribution in [0.1, 0.15) is 45.6 Å². The zero-order valence-corrected chi connectivity index (χ0v) is 17.4. The van der Waals surface area contributed by atoms with E-state index < -0.39 is 5.97 Å². The molecule has 0 bridgehead atoms. The number of carboxylic acid groups (broad SMARTS) is 1. The number of rotatable bonds is 8. The summed E-state index contributed by atoms with van der Waals surface area (Å²) in [6, 6.07) is 14.2. The van der Waals surface area contributed by atoms with Crippen molar-refractivity contribution in [3.8, 4) is 0 Å². The number of fused-ring (bicyclic) bond motifs is 1. The van der Waals surface area contributed by atoms with Gasteiger partial charge in [-0.15, -0.1) is 0 Å². The highest BCUT2D eigenvalue weighted by Gasteiger charge is 2.23. The average molecular weight is 405 g/mol. The van der Waals surface area contributed by atoms with Gasteiger partial charge in [-0.2, -0.15) is 0 Å². The van der Waals surface area contributed by atoms with E-state index in [1.807, 2.05) is 47.9 Å². The first-order valence-corrected chi connectivity index (χ1v) is 10.5. The highest BCUT2D eigenvalue weighted by atomic mass is 16.5. The third kappa shape index (κ3) is 4.18. The number of ether oxygens (including phenoxy) is 1. The molecule has 3 aromatic rings. The molecule has 0 unspecified atom stereocenters. The molecule has 0 aliphatic carbocycles. The lowest BCUT2D eigenvalue weighted by Gasteiger charge is -2.12. The monoisotopic (exact) mass is 404 g/mol. The van der Waals surface area contributed by atoms with E-state index in [1.165, 1.54) is 0 Å². The molecule has 30 heavy (non-hydrogen) atoms. The van der Waals surface area contributed by atoms with Crippen LogP contribution in [0.5, 0.6) is 0 Å². The summed E-state index contributed by atoms with van der Waals surface area (Å²) in [5.41, 5.74) is 5.35. The summed E-state index contributed by atoms with van der Waals surface area (Å²) in [7, 11) is 0. The van der Waals surface area contributed by atoms with Crippen LogP contribution in [0.25, 0.3) is 17.0 Å².